The molecule has 1 aromatic rings. The molecular formula is C12H19NO. The van der Waals surface area contributed by atoms with Gasteiger partial charge in [-0.1, -0.05) is 6.07 Å². The lowest BCUT2D eigenvalue weighted by atomic mass is 10.0. The molecule has 0 amide bonds. The van der Waals surface area contributed by atoms with E-state index in [2.05, 4.69) is 19.1 Å². The SMILES string of the molecule is COCCCCc1cc(N)ccc1C. The van der Waals surface area contributed by atoms with Gasteiger partial charge in [-0.05, 0) is 49.4 Å². The molecule has 0 aliphatic carbocycles. The van der Waals surface area contributed by atoms with Gasteiger partial charge in [-0.15, -0.1) is 0 Å². The van der Waals surface area contributed by atoms with Crippen LogP contribution in [0.4, 0.5) is 5.69 Å². The maximum Gasteiger partial charge on any atom is 0.0462 e. The van der Waals surface area contributed by atoms with E-state index in [0.717, 1.165) is 31.6 Å². The average molecular weight is 193 g/mol. The lowest BCUT2D eigenvalue weighted by Crippen LogP contribution is -1.95. The molecule has 0 saturated carbocycles. The van der Waals surface area contributed by atoms with Crippen molar-refractivity contribution in [2.45, 2.75) is 26.2 Å². The molecule has 14 heavy (non-hydrogen) atoms. The first-order chi connectivity index (χ1) is 6.74. The number of aryl methyl sites for hydroxylation is 2. The van der Waals surface area contributed by atoms with E-state index in [9.17, 15) is 0 Å². The third-order valence-electron chi connectivity index (χ3n) is 2.42. The first kappa shape index (κ1) is 11.1. The number of methoxy groups -OCH3 is 1. The Balaban J connectivity index is 2.45. The highest BCUT2D eigenvalue weighted by atomic mass is 16.5. The van der Waals surface area contributed by atoms with Crippen molar-refractivity contribution in [3.8, 4) is 0 Å². The zero-order chi connectivity index (χ0) is 10.4. The molecule has 0 fully saturated rings. The Morgan fingerprint density at radius 3 is 2.79 bits per heavy atom. The Kier molecular flexibility index (Phi) is 4.47. The Labute approximate surface area is 86.1 Å². The highest BCUT2D eigenvalue weighted by Crippen LogP contribution is 2.15. The molecule has 2 N–H and O–H groups in total. The van der Waals surface area contributed by atoms with Gasteiger partial charge in [-0.3, -0.25) is 0 Å². The molecule has 78 valence electrons. The highest BCUT2D eigenvalue weighted by molar-refractivity contribution is 5.44. The largest absolute Gasteiger partial charge is 0.399 e. The molecule has 2 heteroatoms. The average Bonchev–Trinajstić information content (AvgIpc) is 2.18. The van der Waals surface area contributed by atoms with Crippen molar-refractivity contribution in [2.75, 3.05) is 19.5 Å². The van der Waals surface area contributed by atoms with E-state index in [1.165, 1.54) is 11.1 Å². The molecule has 0 saturated heterocycles. The van der Waals surface area contributed by atoms with Crippen LogP contribution in [0, 0.1) is 6.92 Å². The van der Waals surface area contributed by atoms with Crippen LogP contribution < -0.4 is 5.73 Å². The van der Waals surface area contributed by atoms with Crippen LogP contribution >= 0.6 is 0 Å². The maximum atomic E-state index is 5.73. The second-order valence-electron chi connectivity index (χ2n) is 3.64. The number of nitrogen functional groups attached to an aromatic ring is 1. The van der Waals surface area contributed by atoms with E-state index in [1.54, 1.807) is 7.11 Å². The first-order valence-corrected chi connectivity index (χ1v) is 5.08. The highest BCUT2D eigenvalue weighted by Gasteiger charge is 1.98. The molecule has 0 aliphatic rings. The van der Waals surface area contributed by atoms with Gasteiger partial charge >= 0.3 is 0 Å². The fourth-order valence-corrected chi connectivity index (χ4v) is 1.52. The number of hydrogen-bond donors (Lipinski definition) is 1. The quantitative estimate of drug-likeness (QED) is 0.576. The smallest absolute Gasteiger partial charge is 0.0462 e. The lowest BCUT2D eigenvalue weighted by Gasteiger charge is -2.06. The molecule has 0 radical (unpaired) electrons. The minimum absolute atomic E-state index is 0.849. The predicted molar refractivity (Wildman–Crippen MR) is 60.4 cm³/mol. The summed E-state index contributed by atoms with van der Waals surface area (Å²) in [6.07, 6.45) is 3.38. The Morgan fingerprint density at radius 2 is 2.07 bits per heavy atom. The van der Waals surface area contributed by atoms with E-state index in [4.69, 9.17) is 10.5 Å². The van der Waals surface area contributed by atoms with Crippen molar-refractivity contribution in [1.82, 2.24) is 0 Å². The number of benzene rings is 1. The Hall–Kier alpha value is -1.02. The molecular weight excluding hydrogens is 174 g/mol. The van der Waals surface area contributed by atoms with Gasteiger partial charge in [0.15, 0.2) is 0 Å². The maximum absolute atomic E-state index is 5.73. The molecule has 0 spiro atoms. The van der Waals surface area contributed by atoms with Gasteiger partial charge in [0, 0.05) is 19.4 Å². The van der Waals surface area contributed by atoms with E-state index >= 15 is 0 Å². The van der Waals surface area contributed by atoms with Crippen LogP contribution in [-0.4, -0.2) is 13.7 Å². The number of nitrogens with two attached hydrogens (primary N) is 1. The van der Waals surface area contributed by atoms with E-state index in [0.29, 0.717) is 0 Å². The van der Waals surface area contributed by atoms with Gasteiger partial charge in [-0.25, -0.2) is 0 Å². The summed E-state index contributed by atoms with van der Waals surface area (Å²) in [7, 11) is 1.74. The molecule has 1 aromatic carbocycles. The summed E-state index contributed by atoms with van der Waals surface area (Å²) >= 11 is 0. The molecule has 0 atom stereocenters. The van der Waals surface area contributed by atoms with Crippen molar-refractivity contribution >= 4 is 5.69 Å². The second kappa shape index (κ2) is 5.66. The minimum Gasteiger partial charge on any atom is -0.399 e. The minimum atomic E-state index is 0.849. The summed E-state index contributed by atoms with van der Waals surface area (Å²) in [6.45, 7) is 2.98. The summed E-state index contributed by atoms with van der Waals surface area (Å²) in [4.78, 5) is 0. The van der Waals surface area contributed by atoms with Crippen molar-refractivity contribution in [3.05, 3.63) is 29.3 Å². The van der Waals surface area contributed by atoms with Crippen molar-refractivity contribution < 1.29 is 4.74 Å². The number of rotatable bonds is 5. The summed E-state index contributed by atoms with van der Waals surface area (Å²) in [5, 5.41) is 0. The summed E-state index contributed by atoms with van der Waals surface area (Å²) < 4.78 is 5.01. The van der Waals surface area contributed by atoms with Gasteiger partial charge < -0.3 is 10.5 Å². The topological polar surface area (TPSA) is 35.2 Å². The molecule has 2 nitrogen and oxygen atoms in total. The number of ether oxygens (including phenoxy) is 1. The molecule has 0 aromatic heterocycles. The molecule has 0 bridgehead atoms. The zero-order valence-electron chi connectivity index (χ0n) is 9.05. The van der Waals surface area contributed by atoms with Crippen LogP contribution in [0.5, 0.6) is 0 Å². The third-order valence-corrected chi connectivity index (χ3v) is 2.42. The lowest BCUT2D eigenvalue weighted by molar-refractivity contribution is 0.193. The fourth-order valence-electron chi connectivity index (χ4n) is 1.52. The monoisotopic (exact) mass is 193 g/mol. The molecule has 0 heterocycles. The van der Waals surface area contributed by atoms with Crippen LogP contribution in [0.25, 0.3) is 0 Å². The number of anilines is 1. The van der Waals surface area contributed by atoms with Crippen LogP contribution in [-0.2, 0) is 11.2 Å². The summed E-state index contributed by atoms with van der Waals surface area (Å²) in [5.74, 6) is 0. The summed E-state index contributed by atoms with van der Waals surface area (Å²) in [6, 6.07) is 6.11. The zero-order valence-corrected chi connectivity index (χ0v) is 9.05. The Bertz CT molecular complexity index is 284. The van der Waals surface area contributed by atoms with Crippen LogP contribution in [0.15, 0.2) is 18.2 Å². The first-order valence-electron chi connectivity index (χ1n) is 5.08. The molecule has 1 rings (SSSR count). The van der Waals surface area contributed by atoms with Gasteiger partial charge in [-0.2, -0.15) is 0 Å². The van der Waals surface area contributed by atoms with Crippen LogP contribution in [0.2, 0.25) is 0 Å². The van der Waals surface area contributed by atoms with Crippen LogP contribution in [0.1, 0.15) is 24.0 Å². The van der Waals surface area contributed by atoms with Gasteiger partial charge in [0.2, 0.25) is 0 Å². The van der Waals surface area contributed by atoms with Crippen molar-refractivity contribution in [2.24, 2.45) is 0 Å². The standard InChI is InChI=1S/C12H19NO/c1-10-6-7-12(13)9-11(10)5-3-4-8-14-2/h6-7,9H,3-5,8,13H2,1-2H3. The predicted octanol–water partition coefficient (Wildman–Crippen LogP) is 2.55. The number of unbranched alkanes of at least 4 members (excludes halogenated alkanes) is 1. The van der Waals surface area contributed by atoms with E-state index in [1.807, 2.05) is 6.07 Å². The van der Waals surface area contributed by atoms with Crippen molar-refractivity contribution in [3.63, 3.8) is 0 Å². The van der Waals surface area contributed by atoms with Crippen LogP contribution in [0.3, 0.4) is 0 Å². The summed E-state index contributed by atoms with van der Waals surface area (Å²) in [5.41, 5.74) is 9.28. The fraction of sp³-hybridized carbons (Fsp3) is 0.500. The third kappa shape index (κ3) is 3.38. The Morgan fingerprint density at radius 1 is 1.29 bits per heavy atom. The van der Waals surface area contributed by atoms with Gasteiger partial charge in [0.05, 0.1) is 0 Å². The van der Waals surface area contributed by atoms with Crippen molar-refractivity contribution in [1.29, 1.82) is 0 Å². The van der Waals surface area contributed by atoms with E-state index in [-0.39, 0.29) is 0 Å². The normalized spacial score (nSPS) is 10.4. The molecule has 0 aliphatic heterocycles. The van der Waals surface area contributed by atoms with Gasteiger partial charge in [0.25, 0.3) is 0 Å². The van der Waals surface area contributed by atoms with E-state index < -0.39 is 0 Å². The molecule has 0 unspecified atom stereocenters. The van der Waals surface area contributed by atoms with Gasteiger partial charge in [0.1, 0.15) is 0 Å². The number of hydrogen-bond acceptors (Lipinski definition) is 2. The second-order valence-corrected chi connectivity index (χ2v) is 3.64.